The van der Waals surface area contributed by atoms with Gasteiger partial charge in [-0.3, -0.25) is 4.90 Å². The second-order valence-corrected chi connectivity index (χ2v) is 7.80. The van der Waals surface area contributed by atoms with E-state index in [0.29, 0.717) is 11.4 Å². The Balaban J connectivity index is 1.98. The fourth-order valence-corrected chi connectivity index (χ4v) is 3.73. The molecule has 1 aliphatic heterocycles. The predicted octanol–water partition coefficient (Wildman–Crippen LogP) is 1.11. The molecule has 1 aromatic heterocycles. The van der Waals surface area contributed by atoms with Crippen molar-refractivity contribution in [2.24, 2.45) is 0 Å². The zero-order valence-corrected chi connectivity index (χ0v) is 14.0. The van der Waals surface area contributed by atoms with E-state index in [1.54, 1.807) is 31.2 Å². The van der Waals surface area contributed by atoms with Crippen molar-refractivity contribution in [2.45, 2.75) is 17.9 Å². The number of hydrogen-bond acceptors (Lipinski definition) is 7. The van der Waals surface area contributed by atoms with E-state index in [2.05, 4.69) is 20.4 Å². The first-order chi connectivity index (χ1) is 11.0. The first-order valence-electron chi connectivity index (χ1n) is 7.59. The molecule has 2 aromatic rings. The lowest BCUT2D eigenvalue weighted by Gasteiger charge is -2.30. The van der Waals surface area contributed by atoms with Crippen LogP contribution in [0.5, 0.6) is 0 Å². The Bertz CT molecular complexity index is 788. The highest BCUT2D eigenvalue weighted by molar-refractivity contribution is 7.91. The number of sulfone groups is 1. The Labute approximate surface area is 135 Å². The molecule has 1 saturated heterocycles. The van der Waals surface area contributed by atoms with Crippen molar-refractivity contribution in [1.82, 2.24) is 20.4 Å². The Hall–Kier alpha value is -1.77. The SMILES string of the molecule is CCS(=O)(=O)c1ccccc1-c1nc(C2CNCCN2C)no1. The van der Waals surface area contributed by atoms with Crippen LogP contribution in [0.4, 0.5) is 0 Å². The summed E-state index contributed by atoms with van der Waals surface area (Å²) in [5, 5.41) is 7.35. The van der Waals surface area contributed by atoms with Gasteiger partial charge in [-0.15, -0.1) is 0 Å². The maximum absolute atomic E-state index is 12.2. The molecule has 0 radical (unpaired) electrons. The first-order valence-corrected chi connectivity index (χ1v) is 9.25. The van der Waals surface area contributed by atoms with Crippen molar-refractivity contribution in [2.75, 3.05) is 32.4 Å². The summed E-state index contributed by atoms with van der Waals surface area (Å²) in [5.41, 5.74) is 0.458. The zero-order valence-electron chi connectivity index (χ0n) is 13.2. The minimum Gasteiger partial charge on any atom is -0.334 e. The van der Waals surface area contributed by atoms with Crippen molar-refractivity contribution in [3.8, 4) is 11.5 Å². The van der Waals surface area contributed by atoms with Crippen LogP contribution in [0.1, 0.15) is 18.8 Å². The van der Waals surface area contributed by atoms with Crippen LogP contribution < -0.4 is 5.32 Å². The van der Waals surface area contributed by atoms with Gasteiger partial charge in [0.1, 0.15) is 0 Å². The molecule has 0 spiro atoms. The molecule has 1 unspecified atom stereocenters. The molecule has 1 aliphatic rings. The summed E-state index contributed by atoms with van der Waals surface area (Å²) in [5.74, 6) is 0.838. The summed E-state index contributed by atoms with van der Waals surface area (Å²) in [6, 6.07) is 6.76. The van der Waals surface area contributed by atoms with Gasteiger partial charge in [0.05, 0.1) is 22.3 Å². The summed E-state index contributed by atoms with van der Waals surface area (Å²) in [6.45, 7) is 4.18. The summed E-state index contributed by atoms with van der Waals surface area (Å²) in [7, 11) is -1.34. The van der Waals surface area contributed by atoms with Crippen LogP contribution in [0.25, 0.3) is 11.5 Å². The average Bonchev–Trinajstić information content (AvgIpc) is 3.05. The van der Waals surface area contributed by atoms with Crippen LogP contribution in [0.3, 0.4) is 0 Å². The van der Waals surface area contributed by atoms with E-state index in [1.807, 2.05) is 7.05 Å². The minimum absolute atomic E-state index is 0.0243. The smallest absolute Gasteiger partial charge is 0.259 e. The van der Waals surface area contributed by atoms with Crippen LogP contribution in [-0.4, -0.2) is 55.9 Å². The molecule has 124 valence electrons. The van der Waals surface area contributed by atoms with Crippen LogP contribution in [0.15, 0.2) is 33.7 Å². The van der Waals surface area contributed by atoms with Crippen molar-refractivity contribution >= 4 is 9.84 Å². The van der Waals surface area contributed by atoms with Gasteiger partial charge in [-0.05, 0) is 19.2 Å². The molecule has 0 bridgehead atoms. The van der Waals surface area contributed by atoms with Gasteiger partial charge >= 0.3 is 0 Å². The molecule has 0 aliphatic carbocycles. The Morgan fingerprint density at radius 3 is 2.91 bits per heavy atom. The fraction of sp³-hybridized carbons (Fsp3) is 0.467. The lowest BCUT2D eigenvalue weighted by molar-refractivity contribution is 0.190. The minimum atomic E-state index is -3.35. The molecule has 1 fully saturated rings. The van der Waals surface area contributed by atoms with Crippen molar-refractivity contribution in [1.29, 1.82) is 0 Å². The second-order valence-electron chi connectivity index (χ2n) is 5.56. The maximum atomic E-state index is 12.2. The zero-order chi connectivity index (χ0) is 16.4. The third-order valence-corrected chi connectivity index (χ3v) is 5.87. The van der Waals surface area contributed by atoms with Crippen molar-refractivity contribution < 1.29 is 12.9 Å². The monoisotopic (exact) mass is 336 g/mol. The van der Waals surface area contributed by atoms with E-state index in [9.17, 15) is 8.42 Å². The topological polar surface area (TPSA) is 88.3 Å². The van der Waals surface area contributed by atoms with Gasteiger partial charge in [0.25, 0.3) is 5.89 Å². The summed E-state index contributed by atoms with van der Waals surface area (Å²) >= 11 is 0. The molecule has 2 heterocycles. The predicted molar refractivity (Wildman–Crippen MR) is 85.7 cm³/mol. The van der Waals surface area contributed by atoms with Gasteiger partial charge in [0, 0.05) is 19.6 Å². The molecule has 23 heavy (non-hydrogen) atoms. The Morgan fingerprint density at radius 1 is 1.39 bits per heavy atom. The third kappa shape index (κ3) is 3.15. The number of nitrogens with one attached hydrogen (secondary N) is 1. The Morgan fingerprint density at radius 2 is 2.17 bits per heavy atom. The van der Waals surface area contributed by atoms with Gasteiger partial charge in [-0.1, -0.05) is 24.2 Å². The lowest BCUT2D eigenvalue weighted by Crippen LogP contribution is -2.44. The molecule has 8 heteroatoms. The number of hydrogen-bond donors (Lipinski definition) is 1. The van der Waals surface area contributed by atoms with E-state index in [1.165, 1.54) is 0 Å². The van der Waals surface area contributed by atoms with Gasteiger partial charge in [0.15, 0.2) is 15.7 Å². The van der Waals surface area contributed by atoms with Crippen LogP contribution in [-0.2, 0) is 9.84 Å². The standard InChI is InChI=1S/C15H20N4O3S/c1-3-23(20,21)13-7-5-4-6-11(13)15-17-14(18-22-15)12-10-16-8-9-19(12)2/h4-7,12,16H,3,8-10H2,1-2H3. The third-order valence-electron chi connectivity index (χ3n) is 4.08. The molecular formula is C15H20N4O3S. The Kier molecular flexibility index (Phi) is 4.47. The van der Waals surface area contributed by atoms with E-state index in [0.717, 1.165) is 19.6 Å². The van der Waals surface area contributed by atoms with Crippen LogP contribution in [0, 0.1) is 0 Å². The summed E-state index contributed by atoms with van der Waals surface area (Å²) in [6.07, 6.45) is 0. The normalized spacial score (nSPS) is 19.8. The molecule has 0 amide bonds. The molecule has 1 N–H and O–H groups in total. The molecule has 7 nitrogen and oxygen atoms in total. The highest BCUT2D eigenvalue weighted by atomic mass is 32.2. The number of benzene rings is 1. The molecule has 1 aromatic carbocycles. The largest absolute Gasteiger partial charge is 0.334 e. The van der Waals surface area contributed by atoms with Crippen LogP contribution >= 0.6 is 0 Å². The average molecular weight is 336 g/mol. The second kappa shape index (κ2) is 6.38. The highest BCUT2D eigenvalue weighted by Crippen LogP contribution is 2.28. The number of rotatable bonds is 4. The van der Waals surface area contributed by atoms with Gasteiger partial charge < -0.3 is 9.84 Å². The highest BCUT2D eigenvalue weighted by Gasteiger charge is 2.27. The first kappa shape index (κ1) is 16.1. The van der Waals surface area contributed by atoms with Crippen molar-refractivity contribution in [3.05, 3.63) is 30.1 Å². The number of likely N-dealkylation sites (N-methyl/N-ethyl adjacent to an activating group) is 1. The quantitative estimate of drug-likeness (QED) is 0.894. The van der Waals surface area contributed by atoms with Crippen LogP contribution in [0.2, 0.25) is 0 Å². The molecule has 0 saturated carbocycles. The lowest BCUT2D eigenvalue weighted by atomic mass is 10.2. The molecule has 3 rings (SSSR count). The summed E-state index contributed by atoms with van der Waals surface area (Å²) in [4.78, 5) is 6.82. The number of nitrogens with zero attached hydrogens (tertiary/aromatic N) is 3. The molecule has 1 atom stereocenters. The molecular weight excluding hydrogens is 316 g/mol. The number of piperazine rings is 1. The van der Waals surface area contributed by atoms with Gasteiger partial charge in [0.2, 0.25) is 0 Å². The van der Waals surface area contributed by atoms with E-state index in [4.69, 9.17) is 4.52 Å². The van der Waals surface area contributed by atoms with E-state index >= 15 is 0 Å². The van der Waals surface area contributed by atoms with Gasteiger partial charge in [-0.25, -0.2) is 8.42 Å². The van der Waals surface area contributed by atoms with E-state index < -0.39 is 9.84 Å². The van der Waals surface area contributed by atoms with Crippen molar-refractivity contribution in [3.63, 3.8) is 0 Å². The number of aromatic nitrogens is 2. The van der Waals surface area contributed by atoms with E-state index in [-0.39, 0.29) is 22.6 Å². The van der Waals surface area contributed by atoms with Gasteiger partial charge in [-0.2, -0.15) is 4.98 Å². The summed E-state index contributed by atoms with van der Waals surface area (Å²) < 4.78 is 29.8. The maximum Gasteiger partial charge on any atom is 0.259 e. The fourth-order valence-electron chi connectivity index (χ4n) is 2.64.